The van der Waals surface area contributed by atoms with E-state index in [1.54, 1.807) is 29.2 Å². The molecule has 0 aliphatic carbocycles. The summed E-state index contributed by atoms with van der Waals surface area (Å²) in [6, 6.07) is 5.23. The number of fused-ring (bicyclic) bond motifs is 1. The lowest BCUT2D eigenvalue weighted by molar-refractivity contribution is -0.121. The second kappa shape index (κ2) is 5.43. The van der Waals surface area contributed by atoms with E-state index in [9.17, 15) is 4.79 Å². The molecule has 0 saturated carbocycles. The van der Waals surface area contributed by atoms with E-state index in [1.807, 2.05) is 6.08 Å². The summed E-state index contributed by atoms with van der Waals surface area (Å²) in [4.78, 5) is 13.4. The fourth-order valence-corrected chi connectivity index (χ4v) is 1.91. The van der Waals surface area contributed by atoms with Gasteiger partial charge in [-0.1, -0.05) is 23.8 Å². The van der Waals surface area contributed by atoms with Crippen LogP contribution in [0.2, 0.25) is 5.02 Å². The van der Waals surface area contributed by atoms with E-state index < -0.39 is 0 Å². The van der Waals surface area contributed by atoms with E-state index in [0.29, 0.717) is 28.9 Å². The first-order valence-corrected chi connectivity index (χ1v) is 6.07. The molecule has 0 atom stereocenters. The Kier molecular flexibility index (Phi) is 3.92. The lowest BCUT2D eigenvalue weighted by atomic mass is 10.2. The van der Waals surface area contributed by atoms with Crippen molar-refractivity contribution < 1.29 is 9.53 Å². The van der Waals surface area contributed by atoms with E-state index in [1.165, 1.54) is 0 Å². The Labute approximate surface area is 110 Å². The van der Waals surface area contributed by atoms with Crippen LogP contribution in [0.4, 0.5) is 5.69 Å². The normalized spacial score (nSPS) is 14.9. The lowest BCUT2D eigenvalue weighted by Gasteiger charge is -2.28. The number of alkyl halides is 1. The van der Waals surface area contributed by atoms with Crippen molar-refractivity contribution in [3.05, 3.63) is 35.4 Å². The molecule has 1 heterocycles. The van der Waals surface area contributed by atoms with Crippen LogP contribution in [0, 0.1) is 0 Å². The topological polar surface area (TPSA) is 29.5 Å². The van der Waals surface area contributed by atoms with Gasteiger partial charge in [0.2, 0.25) is 0 Å². The van der Waals surface area contributed by atoms with Crippen molar-refractivity contribution in [2.24, 2.45) is 0 Å². The van der Waals surface area contributed by atoms with Crippen molar-refractivity contribution in [3.63, 3.8) is 0 Å². The number of benzene rings is 1. The molecule has 0 bridgehead atoms. The van der Waals surface area contributed by atoms with Crippen LogP contribution < -0.4 is 9.64 Å². The van der Waals surface area contributed by atoms with Crippen LogP contribution in [-0.2, 0) is 4.79 Å². The molecule has 1 aromatic rings. The second-order valence-electron chi connectivity index (χ2n) is 3.53. The number of nitrogens with zero attached hydrogens (tertiary/aromatic N) is 1. The fourth-order valence-electron chi connectivity index (χ4n) is 1.62. The number of ether oxygens (including phenoxy) is 1. The Hall–Kier alpha value is -1.19. The summed E-state index contributed by atoms with van der Waals surface area (Å²) in [5, 5.41) is 0.577. The molecule has 2 rings (SSSR count). The molecule has 1 amide bonds. The maximum Gasteiger partial charge on any atom is 0.265 e. The van der Waals surface area contributed by atoms with Gasteiger partial charge in [0.25, 0.3) is 5.91 Å². The quantitative estimate of drug-likeness (QED) is 0.625. The SMILES string of the molecule is O=C1COc2ccc(Cl)cc2N1CC=CCCl. The van der Waals surface area contributed by atoms with Gasteiger partial charge in [0, 0.05) is 17.4 Å². The average Bonchev–Trinajstić information content (AvgIpc) is 2.32. The molecule has 1 aliphatic heterocycles. The highest BCUT2D eigenvalue weighted by Crippen LogP contribution is 2.34. The van der Waals surface area contributed by atoms with Gasteiger partial charge < -0.3 is 9.64 Å². The van der Waals surface area contributed by atoms with Gasteiger partial charge in [0.15, 0.2) is 6.61 Å². The number of hydrogen-bond acceptors (Lipinski definition) is 2. The first-order chi connectivity index (χ1) is 8.22. The van der Waals surface area contributed by atoms with Gasteiger partial charge in [-0.05, 0) is 18.2 Å². The summed E-state index contributed by atoms with van der Waals surface area (Å²) >= 11 is 11.5. The van der Waals surface area contributed by atoms with Crippen molar-refractivity contribution in [1.82, 2.24) is 0 Å². The summed E-state index contributed by atoms with van der Waals surface area (Å²) in [5.41, 5.74) is 0.702. The van der Waals surface area contributed by atoms with Gasteiger partial charge in [-0.15, -0.1) is 11.6 Å². The molecule has 3 nitrogen and oxygen atoms in total. The molecule has 0 saturated heterocycles. The van der Waals surface area contributed by atoms with Crippen LogP contribution in [0.3, 0.4) is 0 Å². The minimum atomic E-state index is -0.0843. The summed E-state index contributed by atoms with van der Waals surface area (Å²) in [6.45, 7) is 0.533. The van der Waals surface area contributed by atoms with Gasteiger partial charge >= 0.3 is 0 Å². The number of amides is 1. The largest absolute Gasteiger partial charge is 0.482 e. The minimum absolute atomic E-state index is 0.0589. The highest BCUT2D eigenvalue weighted by Gasteiger charge is 2.24. The molecule has 17 heavy (non-hydrogen) atoms. The van der Waals surface area contributed by atoms with Crippen LogP contribution >= 0.6 is 23.2 Å². The van der Waals surface area contributed by atoms with E-state index >= 15 is 0 Å². The maximum atomic E-state index is 11.8. The molecular formula is C12H11Cl2NO2. The Balaban J connectivity index is 2.29. The van der Waals surface area contributed by atoms with Crippen molar-refractivity contribution in [2.75, 3.05) is 23.9 Å². The lowest BCUT2D eigenvalue weighted by Crippen LogP contribution is -2.38. The van der Waals surface area contributed by atoms with Crippen LogP contribution in [0.5, 0.6) is 5.75 Å². The van der Waals surface area contributed by atoms with E-state index in [2.05, 4.69) is 0 Å². The summed E-state index contributed by atoms with van der Waals surface area (Å²) in [7, 11) is 0. The number of rotatable bonds is 3. The third kappa shape index (κ3) is 2.73. The number of hydrogen-bond donors (Lipinski definition) is 0. The number of halogens is 2. The van der Waals surface area contributed by atoms with Gasteiger partial charge in [-0.3, -0.25) is 4.79 Å². The fraction of sp³-hybridized carbons (Fsp3) is 0.250. The predicted octanol–water partition coefficient (Wildman–Crippen LogP) is 2.86. The molecule has 90 valence electrons. The molecule has 0 spiro atoms. The smallest absolute Gasteiger partial charge is 0.265 e. The third-order valence-corrected chi connectivity index (χ3v) is 2.82. The molecule has 0 fully saturated rings. The van der Waals surface area contributed by atoms with Crippen molar-refractivity contribution in [1.29, 1.82) is 0 Å². The number of carbonyl (C=O) groups excluding carboxylic acids is 1. The molecule has 5 heteroatoms. The number of allylic oxidation sites excluding steroid dienone is 1. The average molecular weight is 272 g/mol. The Morgan fingerprint density at radius 2 is 2.24 bits per heavy atom. The van der Waals surface area contributed by atoms with E-state index in [-0.39, 0.29) is 12.5 Å². The zero-order chi connectivity index (χ0) is 12.3. The number of carbonyl (C=O) groups is 1. The molecule has 0 radical (unpaired) electrons. The third-order valence-electron chi connectivity index (χ3n) is 2.41. The second-order valence-corrected chi connectivity index (χ2v) is 4.28. The van der Waals surface area contributed by atoms with Gasteiger partial charge in [0.1, 0.15) is 5.75 Å². The highest BCUT2D eigenvalue weighted by molar-refractivity contribution is 6.31. The van der Waals surface area contributed by atoms with Crippen LogP contribution in [0.25, 0.3) is 0 Å². The Bertz CT molecular complexity index is 460. The molecule has 1 aliphatic rings. The molecule has 0 aromatic heterocycles. The van der Waals surface area contributed by atoms with Crippen molar-refractivity contribution in [2.45, 2.75) is 0 Å². The molecule has 1 aromatic carbocycles. The highest BCUT2D eigenvalue weighted by atomic mass is 35.5. The van der Waals surface area contributed by atoms with Crippen LogP contribution in [-0.4, -0.2) is 24.9 Å². The molecule has 0 N–H and O–H groups in total. The first-order valence-electron chi connectivity index (χ1n) is 5.16. The van der Waals surface area contributed by atoms with Crippen LogP contribution in [0.1, 0.15) is 0 Å². The summed E-state index contributed by atoms with van der Waals surface area (Å²) in [6.07, 6.45) is 3.65. The van der Waals surface area contributed by atoms with Crippen LogP contribution in [0.15, 0.2) is 30.4 Å². The molecule has 0 unspecified atom stereocenters. The minimum Gasteiger partial charge on any atom is -0.482 e. The van der Waals surface area contributed by atoms with E-state index in [4.69, 9.17) is 27.9 Å². The first kappa shape index (κ1) is 12.3. The van der Waals surface area contributed by atoms with E-state index in [0.717, 1.165) is 0 Å². The van der Waals surface area contributed by atoms with Gasteiger partial charge in [-0.2, -0.15) is 0 Å². The monoisotopic (exact) mass is 271 g/mol. The zero-order valence-corrected chi connectivity index (χ0v) is 10.5. The summed E-state index contributed by atoms with van der Waals surface area (Å²) in [5.74, 6) is 1.02. The zero-order valence-electron chi connectivity index (χ0n) is 9.03. The van der Waals surface area contributed by atoms with Crippen molar-refractivity contribution in [3.8, 4) is 5.75 Å². The Morgan fingerprint density at radius 1 is 1.41 bits per heavy atom. The van der Waals surface area contributed by atoms with Gasteiger partial charge in [0.05, 0.1) is 5.69 Å². The maximum absolute atomic E-state index is 11.8. The van der Waals surface area contributed by atoms with Crippen molar-refractivity contribution >= 4 is 34.8 Å². The summed E-state index contributed by atoms with van der Waals surface area (Å²) < 4.78 is 5.33. The number of anilines is 1. The van der Waals surface area contributed by atoms with Gasteiger partial charge in [-0.25, -0.2) is 0 Å². The predicted molar refractivity (Wildman–Crippen MR) is 69.2 cm³/mol. The Morgan fingerprint density at radius 3 is 3.00 bits per heavy atom. The molecular weight excluding hydrogens is 261 g/mol. The standard InChI is InChI=1S/C12H11Cl2NO2/c13-5-1-2-6-15-10-7-9(14)3-4-11(10)17-8-12(15)16/h1-4,7H,5-6,8H2.